The summed E-state index contributed by atoms with van der Waals surface area (Å²) >= 11 is 0. The summed E-state index contributed by atoms with van der Waals surface area (Å²) in [6, 6.07) is -2.64. The molecule has 69 heavy (non-hydrogen) atoms. The maximum atomic E-state index is 14.2. The molecule has 24 heteroatoms. The predicted molar refractivity (Wildman–Crippen MR) is 249 cm³/mol. The van der Waals surface area contributed by atoms with Crippen LogP contribution in [-0.2, 0) is 54.4 Å². The molecule has 1 aromatic rings. The van der Waals surface area contributed by atoms with Crippen molar-refractivity contribution in [2.45, 2.75) is 148 Å². The number of nitrogens with two attached hydrogens (primary N) is 2. The molecule has 1 fully saturated rings. The first-order valence-corrected chi connectivity index (χ1v) is 23.0. The number of hydrogen-bond donors (Lipinski definition) is 13. The number of rotatable bonds is 29. The van der Waals surface area contributed by atoms with Gasteiger partial charge in [-0.25, -0.2) is 4.79 Å². The van der Waals surface area contributed by atoms with E-state index in [1.807, 2.05) is 0 Å². The highest BCUT2D eigenvalue weighted by Crippen LogP contribution is 2.21. The number of carbonyl (C=O) groups excluding carboxylic acids is 7. The maximum Gasteiger partial charge on any atom is 0.326 e. The van der Waals surface area contributed by atoms with Crippen molar-refractivity contribution in [3.63, 3.8) is 0 Å². The number of nitrogens with one attached hydrogen (secondary N) is 8. The van der Waals surface area contributed by atoms with Crippen molar-refractivity contribution >= 4 is 65.2 Å². The first kappa shape index (κ1) is 58.3. The predicted octanol–water partition coefficient (Wildman–Crippen LogP) is -1.50. The lowest BCUT2D eigenvalue weighted by molar-refractivity contribution is -0.147. The Morgan fingerprint density at radius 2 is 1.20 bits per heavy atom. The van der Waals surface area contributed by atoms with Crippen LogP contribution in [0.2, 0.25) is 0 Å². The largest absolute Gasteiger partial charge is 0.481 e. The van der Waals surface area contributed by atoms with Gasteiger partial charge in [0.05, 0.1) is 18.9 Å². The van der Waals surface area contributed by atoms with Crippen molar-refractivity contribution in [3.8, 4) is 0 Å². The Morgan fingerprint density at radius 1 is 0.681 bits per heavy atom. The van der Waals surface area contributed by atoms with Gasteiger partial charge in [0.1, 0.15) is 42.3 Å². The van der Waals surface area contributed by atoms with E-state index in [-0.39, 0.29) is 75.8 Å². The van der Waals surface area contributed by atoms with E-state index in [1.54, 1.807) is 71.9 Å². The van der Waals surface area contributed by atoms with Crippen LogP contribution in [0.1, 0.15) is 98.5 Å². The van der Waals surface area contributed by atoms with Crippen LogP contribution in [0, 0.1) is 23.2 Å². The van der Waals surface area contributed by atoms with Crippen LogP contribution < -0.4 is 48.7 Å². The van der Waals surface area contributed by atoms with Gasteiger partial charge >= 0.3 is 17.9 Å². The third kappa shape index (κ3) is 20.5. The van der Waals surface area contributed by atoms with Gasteiger partial charge in [-0.3, -0.25) is 48.6 Å². The van der Waals surface area contributed by atoms with Gasteiger partial charge in [0.2, 0.25) is 41.4 Å². The Kier molecular flexibility index (Phi) is 24.0. The van der Waals surface area contributed by atoms with Gasteiger partial charge in [0.15, 0.2) is 5.96 Å². The molecule has 0 aromatic heterocycles. The maximum absolute atomic E-state index is 14.2. The highest BCUT2D eigenvalue weighted by atomic mass is 16.4. The summed E-state index contributed by atoms with van der Waals surface area (Å²) in [5, 5.41) is 54.0. The summed E-state index contributed by atoms with van der Waals surface area (Å²) in [4.78, 5) is 133. The molecular weight excluding hydrogens is 903 g/mol. The molecule has 24 nitrogen and oxygen atoms in total. The minimum atomic E-state index is -1.82. The zero-order valence-corrected chi connectivity index (χ0v) is 40.0. The second-order valence-electron chi connectivity index (χ2n) is 18.3. The van der Waals surface area contributed by atoms with Gasteiger partial charge in [-0.15, -0.1) is 0 Å². The molecule has 7 amide bonds. The summed E-state index contributed by atoms with van der Waals surface area (Å²) in [6.45, 7) is 10.4. The molecule has 15 N–H and O–H groups in total. The summed E-state index contributed by atoms with van der Waals surface area (Å²) in [5.74, 6) is -11.7. The van der Waals surface area contributed by atoms with E-state index in [4.69, 9.17) is 16.9 Å². The SMILES string of the molecule is CC(C)C[C@H](NC(=O)[C@H](CCCNC(=N)N)NC(=O)[C@H](Cc1ccccc1)NC(=O)[C@@H](NC(=O)[C@@H]1CCCN1C(=O)[C@H](CC(=O)O)NC(=O)[C@H](CC(=O)O)NC(=O)[C@@H](N)CC(C)C)C(C)C)C(=O)O. The molecule has 1 aromatic carbocycles. The molecule has 1 aliphatic rings. The fourth-order valence-electron chi connectivity index (χ4n) is 7.57. The zero-order chi connectivity index (χ0) is 52.1. The molecule has 1 aliphatic heterocycles. The van der Waals surface area contributed by atoms with Crippen LogP contribution in [0.3, 0.4) is 0 Å². The lowest BCUT2D eigenvalue weighted by atomic mass is 9.99. The lowest BCUT2D eigenvalue weighted by Crippen LogP contribution is -2.61. The molecule has 0 spiro atoms. The lowest BCUT2D eigenvalue weighted by Gasteiger charge is -2.31. The Balaban J connectivity index is 2.39. The zero-order valence-electron chi connectivity index (χ0n) is 40.0. The van der Waals surface area contributed by atoms with Crippen LogP contribution in [0.4, 0.5) is 0 Å². The van der Waals surface area contributed by atoms with E-state index in [9.17, 15) is 63.3 Å². The fourth-order valence-corrected chi connectivity index (χ4v) is 7.57. The van der Waals surface area contributed by atoms with E-state index < -0.39 is 126 Å². The number of guanidine groups is 1. The first-order chi connectivity index (χ1) is 32.3. The molecule has 0 aliphatic carbocycles. The van der Waals surface area contributed by atoms with Crippen LogP contribution in [0.25, 0.3) is 0 Å². The van der Waals surface area contributed by atoms with Gasteiger partial charge in [0.25, 0.3) is 0 Å². The number of hydrogen-bond acceptors (Lipinski definition) is 12. The van der Waals surface area contributed by atoms with Gasteiger partial charge in [0, 0.05) is 19.5 Å². The van der Waals surface area contributed by atoms with Crippen molar-refractivity contribution in [1.82, 2.24) is 42.1 Å². The van der Waals surface area contributed by atoms with Crippen molar-refractivity contribution in [2.24, 2.45) is 29.2 Å². The van der Waals surface area contributed by atoms with Crippen molar-refractivity contribution < 1.29 is 63.3 Å². The number of likely N-dealkylation sites (tertiary alicyclic amines) is 1. The average molecular weight is 974 g/mol. The fraction of sp³-hybridized carbons (Fsp3) is 0.622. The average Bonchev–Trinajstić information content (AvgIpc) is 3.75. The molecule has 0 bridgehead atoms. The first-order valence-electron chi connectivity index (χ1n) is 23.0. The Hall–Kier alpha value is -6.85. The molecule has 0 unspecified atom stereocenters. The Labute approximate surface area is 401 Å². The third-order valence-electron chi connectivity index (χ3n) is 11.0. The second kappa shape index (κ2) is 28.5. The molecule has 2 rings (SSSR count). The van der Waals surface area contributed by atoms with E-state index in [2.05, 4.69) is 37.2 Å². The van der Waals surface area contributed by atoms with Gasteiger partial charge in [-0.2, -0.15) is 0 Å². The van der Waals surface area contributed by atoms with E-state index in [0.29, 0.717) is 5.56 Å². The molecular formula is C45H71N11O13. The Morgan fingerprint density at radius 3 is 1.75 bits per heavy atom. The summed E-state index contributed by atoms with van der Waals surface area (Å²) < 4.78 is 0. The third-order valence-corrected chi connectivity index (χ3v) is 11.0. The van der Waals surface area contributed by atoms with E-state index >= 15 is 0 Å². The van der Waals surface area contributed by atoms with Crippen molar-refractivity contribution in [2.75, 3.05) is 13.1 Å². The van der Waals surface area contributed by atoms with Gasteiger partial charge in [-0.05, 0) is 61.8 Å². The minimum Gasteiger partial charge on any atom is -0.481 e. The van der Waals surface area contributed by atoms with Crippen LogP contribution in [-0.4, -0.2) is 147 Å². The minimum absolute atomic E-state index is 0.0235. The number of aliphatic carboxylic acids is 3. The molecule has 1 heterocycles. The highest BCUT2D eigenvalue weighted by Gasteiger charge is 2.41. The summed E-state index contributed by atoms with van der Waals surface area (Å²) in [5.41, 5.74) is 11.9. The number of nitrogens with zero attached hydrogens (tertiary/aromatic N) is 1. The molecule has 384 valence electrons. The normalized spacial score (nSPS) is 16.4. The number of carboxylic acids is 3. The standard InChI is InChI=1S/C45H71N11O13/c1-23(2)18-27(46)37(61)51-30(21-34(57)58)40(64)53-31(22-35(59)60)43(67)56-17-11-15-33(56)41(65)55-36(25(5)6)42(66)52-29(20-26-12-8-7-9-13-26)39(63)50-28(14-10-16-49-45(47)48)38(62)54-32(44(68)69)19-24(3)4/h7-9,12-13,23-25,27-33,36H,10-11,14-22,46H2,1-6H3,(H,50,63)(H,51,61)(H,52,66)(H,53,64)(H,54,62)(H,55,65)(H,57,58)(H,59,60)(H,68,69)(H4,47,48,49)/t27-,28-,29-,30-,31-,32-,33-,36-/m0/s1. The smallest absolute Gasteiger partial charge is 0.326 e. The summed E-state index contributed by atoms with van der Waals surface area (Å²) in [7, 11) is 0. The monoisotopic (exact) mass is 974 g/mol. The van der Waals surface area contributed by atoms with Crippen LogP contribution in [0.5, 0.6) is 0 Å². The molecule has 1 saturated heterocycles. The number of amides is 7. The van der Waals surface area contributed by atoms with Gasteiger partial charge < -0.3 is 68.9 Å². The van der Waals surface area contributed by atoms with Crippen LogP contribution >= 0.6 is 0 Å². The second-order valence-corrected chi connectivity index (χ2v) is 18.3. The highest BCUT2D eigenvalue weighted by molar-refractivity contribution is 5.99. The summed E-state index contributed by atoms with van der Waals surface area (Å²) in [6.07, 6.45) is -1.20. The van der Waals surface area contributed by atoms with Crippen molar-refractivity contribution in [3.05, 3.63) is 35.9 Å². The van der Waals surface area contributed by atoms with E-state index in [0.717, 1.165) is 4.90 Å². The van der Waals surface area contributed by atoms with Crippen molar-refractivity contribution in [1.29, 1.82) is 5.41 Å². The molecule has 8 atom stereocenters. The quantitative estimate of drug-likeness (QED) is 0.0247. The number of benzene rings is 1. The molecule has 0 saturated carbocycles. The number of carbonyl (C=O) groups is 10. The molecule has 0 radical (unpaired) electrons. The number of carboxylic acid groups (broad SMARTS) is 3. The van der Waals surface area contributed by atoms with Gasteiger partial charge in [-0.1, -0.05) is 71.9 Å². The van der Waals surface area contributed by atoms with Crippen LogP contribution in [0.15, 0.2) is 30.3 Å². The Bertz CT molecular complexity index is 1980. The topological polar surface area (TPSA) is 395 Å². The van der Waals surface area contributed by atoms with E-state index in [1.165, 1.54) is 0 Å².